The van der Waals surface area contributed by atoms with Crippen LogP contribution in [0.2, 0.25) is 0 Å². The van der Waals surface area contributed by atoms with E-state index in [1.165, 1.54) is 0 Å². The molecule has 0 aromatic heterocycles. The summed E-state index contributed by atoms with van der Waals surface area (Å²) in [6.45, 7) is 1.03. The van der Waals surface area contributed by atoms with E-state index in [9.17, 15) is 13.2 Å². The lowest BCUT2D eigenvalue weighted by Crippen LogP contribution is -2.57. The smallest absolute Gasteiger partial charge is 0.517 e. The molecule has 0 heterocycles. The average Bonchev–Trinajstić information content (AvgIpc) is 3.19. The van der Waals surface area contributed by atoms with Crippen LogP contribution in [0.4, 0.5) is 4.79 Å². The predicted molar refractivity (Wildman–Crippen MR) is 208 cm³/mol. The van der Waals surface area contributed by atoms with Crippen LogP contribution in [0, 0.1) is 0 Å². The fraction of sp³-hybridized carbons (Fsp3) is 0.233. The second-order valence-electron chi connectivity index (χ2n) is 12.8. The molecular formula is C43H43ClNO8S+. The van der Waals surface area contributed by atoms with Crippen LogP contribution in [-0.4, -0.2) is 45.5 Å². The molecular weight excluding hydrogens is 726 g/mol. The molecule has 5 aromatic rings. The van der Waals surface area contributed by atoms with E-state index in [2.05, 4.69) is 4.37 Å². The van der Waals surface area contributed by atoms with Gasteiger partial charge in [-0.15, -0.1) is 0 Å². The van der Waals surface area contributed by atoms with E-state index in [4.69, 9.17) is 29.6 Å². The van der Waals surface area contributed by atoms with Gasteiger partial charge in [-0.3, -0.25) is 0 Å². The number of ether oxygens (including phenoxy) is 4. The van der Waals surface area contributed by atoms with Crippen LogP contribution >= 0.6 is 10.7 Å². The number of halogens is 1. The van der Waals surface area contributed by atoms with Crippen molar-refractivity contribution in [1.82, 2.24) is 4.72 Å². The fourth-order valence-electron chi connectivity index (χ4n) is 6.27. The van der Waals surface area contributed by atoms with Crippen molar-refractivity contribution in [3.05, 3.63) is 191 Å². The maximum absolute atomic E-state index is 14.0. The Morgan fingerprint density at radius 1 is 0.556 bits per heavy atom. The summed E-state index contributed by atoms with van der Waals surface area (Å²) in [6.07, 6.45) is -2.48. The molecule has 0 bridgehead atoms. The Kier molecular flexibility index (Phi) is 14.0. The summed E-state index contributed by atoms with van der Waals surface area (Å²) in [6, 6.07) is 48.2. The topological polar surface area (TPSA) is 103 Å². The molecule has 0 saturated heterocycles. The molecule has 1 amide bonds. The van der Waals surface area contributed by atoms with Gasteiger partial charge in [0, 0.05) is 16.2 Å². The summed E-state index contributed by atoms with van der Waals surface area (Å²) < 4.78 is 55.8. The third-order valence-electron chi connectivity index (χ3n) is 8.85. The molecule has 6 rings (SSSR count). The number of rotatable bonds is 17. The van der Waals surface area contributed by atoms with E-state index in [0.29, 0.717) is 12.2 Å². The van der Waals surface area contributed by atoms with Crippen LogP contribution in [0.3, 0.4) is 0 Å². The van der Waals surface area contributed by atoms with E-state index < -0.39 is 39.7 Å². The van der Waals surface area contributed by atoms with E-state index in [1.54, 1.807) is 0 Å². The van der Waals surface area contributed by atoms with Gasteiger partial charge in [-0.25, -0.2) is 0 Å². The molecule has 0 spiro atoms. The molecule has 1 aliphatic rings. The second kappa shape index (κ2) is 19.5. The first-order valence-corrected chi connectivity index (χ1v) is 19.9. The third-order valence-corrected chi connectivity index (χ3v) is 9.49. The summed E-state index contributed by atoms with van der Waals surface area (Å²) in [4.78, 5) is 14.0. The number of carbonyl (C=O) groups excluding carboxylic acids is 1. The highest BCUT2D eigenvalue weighted by Crippen LogP contribution is 2.35. The first-order valence-electron chi connectivity index (χ1n) is 17.6. The summed E-state index contributed by atoms with van der Waals surface area (Å²) >= 11 is 0. The van der Waals surface area contributed by atoms with Crippen molar-refractivity contribution in [3.8, 4) is 0 Å². The Morgan fingerprint density at radius 2 is 0.963 bits per heavy atom. The van der Waals surface area contributed by atoms with Gasteiger partial charge in [-0.1, -0.05) is 152 Å². The molecule has 0 radical (unpaired) electrons. The molecule has 11 heteroatoms. The quantitative estimate of drug-likeness (QED) is 0.0578. The Labute approximate surface area is 321 Å². The van der Waals surface area contributed by atoms with Crippen molar-refractivity contribution in [2.45, 2.75) is 57.5 Å². The van der Waals surface area contributed by atoms with E-state index in [-0.39, 0.29) is 33.0 Å². The monoisotopic (exact) mass is 768 g/mol. The number of hydrogen-bond donors (Lipinski definition) is 1. The number of carbonyl (C=O) groups is 1. The van der Waals surface area contributed by atoms with Crippen LogP contribution < -0.4 is 4.72 Å². The molecule has 54 heavy (non-hydrogen) atoms. The molecule has 0 unspecified atom stereocenters. The largest absolute Gasteiger partial charge is 0.644 e. The van der Waals surface area contributed by atoms with Gasteiger partial charge in [-0.05, 0) is 33.9 Å². The van der Waals surface area contributed by atoms with Crippen LogP contribution in [-0.2, 0) is 65.6 Å². The zero-order valence-electron chi connectivity index (χ0n) is 29.6. The predicted octanol–water partition coefficient (Wildman–Crippen LogP) is 8.21. The van der Waals surface area contributed by atoms with Gasteiger partial charge >= 0.3 is 15.3 Å². The van der Waals surface area contributed by atoms with Crippen LogP contribution in [0.15, 0.2) is 163 Å². The number of hydrogen-bond acceptors (Lipinski definition) is 7. The zero-order valence-corrected chi connectivity index (χ0v) is 31.2. The van der Waals surface area contributed by atoms with Crippen LogP contribution in [0.1, 0.15) is 27.8 Å². The Balaban J connectivity index is 1.45. The average molecular weight is 769 g/mol. The minimum absolute atomic E-state index is 0.0510. The van der Waals surface area contributed by atoms with Crippen LogP contribution in [0.5, 0.6) is 0 Å². The lowest BCUT2D eigenvalue weighted by molar-refractivity contribution is -0.220. The highest BCUT2D eigenvalue weighted by molar-refractivity contribution is 8.12. The highest BCUT2D eigenvalue weighted by Gasteiger charge is 2.49. The molecule has 4 atom stereocenters. The summed E-state index contributed by atoms with van der Waals surface area (Å²) in [5, 5.41) is 0. The maximum atomic E-state index is 14.0. The van der Waals surface area contributed by atoms with Gasteiger partial charge in [0.2, 0.25) is 0 Å². The summed E-state index contributed by atoms with van der Waals surface area (Å²) in [5.74, 6) is 0. The van der Waals surface area contributed by atoms with E-state index in [0.717, 1.165) is 27.8 Å². The highest BCUT2D eigenvalue weighted by atomic mass is 35.7. The minimum Gasteiger partial charge on any atom is -0.517 e. The van der Waals surface area contributed by atoms with Gasteiger partial charge in [0.05, 0.1) is 37.8 Å². The molecule has 1 aliphatic carbocycles. The van der Waals surface area contributed by atoms with Gasteiger partial charge in [0.25, 0.3) is 0 Å². The van der Waals surface area contributed by atoms with Crippen molar-refractivity contribution >= 4 is 26.0 Å². The van der Waals surface area contributed by atoms with Crippen molar-refractivity contribution in [2.24, 2.45) is 0 Å². The van der Waals surface area contributed by atoms with Crippen molar-refractivity contribution in [3.63, 3.8) is 0 Å². The van der Waals surface area contributed by atoms with E-state index >= 15 is 0 Å². The normalized spacial score (nSPS) is 18.4. The Morgan fingerprint density at radius 3 is 1.43 bits per heavy atom. The van der Waals surface area contributed by atoms with E-state index in [1.807, 2.05) is 162 Å². The number of nitrogens with one attached hydrogen (secondary N) is 1. The second-order valence-corrected chi connectivity index (χ2v) is 15.1. The molecule has 0 fully saturated rings. The molecule has 5 aromatic carbocycles. The summed E-state index contributed by atoms with van der Waals surface area (Å²) in [7, 11) is 1.13. The van der Waals surface area contributed by atoms with Gasteiger partial charge < -0.3 is 23.3 Å². The first kappa shape index (κ1) is 38.9. The lowest BCUT2D eigenvalue weighted by atomic mass is 9.88. The lowest BCUT2D eigenvalue weighted by Gasteiger charge is -2.44. The first-order chi connectivity index (χ1) is 26.3. The van der Waals surface area contributed by atoms with Crippen molar-refractivity contribution in [2.75, 3.05) is 6.61 Å². The zero-order chi connectivity index (χ0) is 37.6. The Hall–Kier alpha value is -4.81. The van der Waals surface area contributed by atoms with Gasteiger partial charge in [0.15, 0.2) is 6.10 Å². The maximum Gasteiger partial charge on any atom is 0.644 e. The molecule has 280 valence electrons. The standard InChI is InChI=1S/C43H42ClNO8S/c44-54(47,48)45-43(46)53(32-37-24-14-5-15-25-37)39-26-38(31-49-27-33-16-6-1-7-17-33)40(50-28-34-18-8-2-9-19-34)42(52-30-36-22-12-4-13-23-36)41(39)51-29-35-20-10-3-11-21-35/h1-26,39-42H,27-32H2/p+1/t39-,40+,41-,42-/m0/s1. The van der Waals surface area contributed by atoms with Gasteiger partial charge in [0.1, 0.15) is 24.9 Å². The van der Waals surface area contributed by atoms with Crippen molar-refractivity contribution in [1.29, 1.82) is 0 Å². The Bertz CT molecular complexity index is 2020. The molecule has 1 N–H and O–H groups in total. The fourth-order valence-corrected chi connectivity index (χ4v) is 6.76. The third kappa shape index (κ3) is 11.6. The number of amides is 1. The van der Waals surface area contributed by atoms with Gasteiger partial charge in [-0.2, -0.15) is 13.1 Å². The minimum atomic E-state index is -4.47. The van der Waals surface area contributed by atoms with Crippen molar-refractivity contribution < 1.29 is 36.5 Å². The van der Waals surface area contributed by atoms with Crippen LogP contribution in [0.25, 0.3) is 0 Å². The number of benzene rings is 5. The molecule has 0 aliphatic heterocycles. The summed E-state index contributed by atoms with van der Waals surface area (Å²) in [5.41, 5.74) is 5.18. The molecule has 0 saturated carbocycles. The molecule has 9 nitrogen and oxygen atoms in total. The SMILES string of the molecule is O=C(NS(=O)(=O)Cl)[O+](Cc1ccccc1)[C@H]1C=C(COCc2ccccc2)[C@@H](OCc2ccccc2)[C@H](OCc2ccccc2)[C@H]1OCc1ccccc1.